The Bertz CT molecular complexity index is 688. The van der Waals surface area contributed by atoms with Crippen LogP contribution in [-0.2, 0) is 12.8 Å². The summed E-state index contributed by atoms with van der Waals surface area (Å²) in [6, 6.07) is 0. The zero-order valence-electron chi connectivity index (χ0n) is 15.1. The summed E-state index contributed by atoms with van der Waals surface area (Å²) in [4.78, 5) is 9.39. The molecule has 2 N–H and O–H groups in total. The molecule has 0 saturated carbocycles. The molecule has 1 aliphatic carbocycles. The summed E-state index contributed by atoms with van der Waals surface area (Å²) in [5.41, 5.74) is 2.42. The van der Waals surface area contributed by atoms with E-state index in [-0.39, 0.29) is 6.61 Å². The second-order valence-corrected chi connectivity index (χ2v) is 7.45. The maximum atomic E-state index is 9.28. The fraction of sp³-hybridized carbons (Fsp3) is 0.722. The maximum Gasteiger partial charge on any atom is 0.255 e. The SMILES string of the molecule is CSc1nc2nc3c(c(NCCO)n2n1)CCCCCCCCCC3. The predicted octanol–water partition coefficient (Wildman–Crippen LogP) is 3.47. The summed E-state index contributed by atoms with van der Waals surface area (Å²) in [5.74, 6) is 1.63. The van der Waals surface area contributed by atoms with E-state index in [1.165, 1.54) is 68.7 Å². The number of aliphatic hydroxyl groups excluding tert-OH is 1. The molecule has 0 unspecified atom stereocenters. The number of aliphatic hydroxyl groups is 1. The third-order valence-corrected chi connectivity index (χ3v) is 5.37. The van der Waals surface area contributed by atoms with Gasteiger partial charge in [0.2, 0.25) is 5.16 Å². The highest BCUT2D eigenvalue weighted by atomic mass is 32.2. The second-order valence-electron chi connectivity index (χ2n) is 6.67. The first kappa shape index (κ1) is 18.5. The topological polar surface area (TPSA) is 75.3 Å². The van der Waals surface area contributed by atoms with Crippen molar-refractivity contribution in [3.63, 3.8) is 0 Å². The van der Waals surface area contributed by atoms with Crippen LogP contribution in [0.2, 0.25) is 0 Å². The zero-order chi connectivity index (χ0) is 17.5. The van der Waals surface area contributed by atoms with Crippen molar-refractivity contribution < 1.29 is 5.11 Å². The number of hydrogen-bond acceptors (Lipinski definition) is 6. The first-order valence-corrected chi connectivity index (χ1v) is 10.7. The van der Waals surface area contributed by atoms with Crippen LogP contribution in [0.4, 0.5) is 5.82 Å². The molecule has 0 amide bonds. The molecule has 7 heteroatoms. The van der Waals surface area contributed by atoms with E-state index in [0.29, 0.717) is 12.3 Å². The minimum absolute atomic E-state index is 0.0999. The van der Waals surface area contributed by atoms with Crippen molar-refractivity contribution in [1.82, 2.24) is 19.6 Å². The molecule has 0 atom stereocenters. The lowest BCUT2D eigenvalue weighted by Crippen LogP contribution is -2.15. The van der Waals surface area contributed by atoms with E-state index in [1.807, 2.05) is 10.8 Å². The standard InChI is InChI=1S/C18H29N5OS/c1-25-18-21-17-20-15-11-9-7-5-3-2-4-6-8-10-14(15)16(19-12-13-24)23(17)22-18/h19,24H,2-13H2,1H3. The number of thioether (sulfide) groups is 1. The minimum Gasteiger partial charge on any atom is -0.395 e. The largest absolute Gasteiger partial charge is 0.395 e. The first-order valence-electron chi connectivity index (χ1n) is 9.50. The van der Waals surface area contributed by atoms with Gasteiger partial charge in [-0.25, -0.2) is 4.98 Å². The van der Waals surface area contributed by atoms with Gasteiger partial charge in [0.25, 0.3) is 5.78 Å². The summed E-state index contributed by atoms with van der Waals surface area (Å²) in [6.07, 6.45) is 14.3. The van der Waals surface area contributed by atoms with Crippen LogP contribution < -0.4 is 5.32 Å². The van der Waals surface area contributed by atoms with Gasteiger partial charge in [0, 0.05) is 12.1 Å². The normalized spacial score (nSPS) is 16.9. The Morgan fingerprint density at radius 1 is 1.00 bits per heavy atom. The second kappa shape index (κ2) is 9.38. The quantitative estimate of drug-likeness (QED) is 0.810. The highest BCUT2D eigenvalue weighted by Crippen LogP contribution is 2.26. The van der Waals surface area contributed by atoms with Gasteiger partial charge in [-0.1, -0.05) is 50.3 Å². The van der Waals surface area contributed by atoms with Gasteiger partial charge in [0.1, 0.15) is 5.82 Å². The van der Waals surface area contributed by atoms with Crippen LogP contribution in [0.25, 0.3) is 5.78 Å². The number of nitrogens with zero attached hydrogens (tertiary/aromatic N) is 4. The molecule has 3 rings (SSSR count). The molecular weight excluding hydrogens is 334 g/mol. The van der Waals surface area contributed by atoms with Crippen molar-refractivity contribution in [2.24, 2.45) is 0 Å². The molecule has 0 fully saturated rings. The van der Waals surface area contributed by atoms with Crippen molar-refractivity contribution in [2.45, 2.75) is 69.4 Å². The van der Waals surface area contributed by atoms with Gasteiger partial charge in [-0.2, -0.15) is 9.50 Å². The van der Waals surface area contributed by atoms with E-state index in [0.717, 1.165) is 29.5 Å². The van der Waals surface area contributed by atoms with Crippen LogP contribution in [0.1, 0.15) is 62.6 Å². The number of hydrogen-bond donors (Lipinski definition) is 2. The Balaban J connectivity index is 2.01. The van der Waals surface area contributed by atoms with E-state index in [1.54, 1.807) is 0 Å². The average molecular weight is 364 g/mol. The summed E-state index contributed by atoms with van der Waals surface area (Å²) in [5, 5.41) is 18.0. The predicted molar refractivity (Wildman–Crippen MR) is 102 cm³/mol. The number of rotatable bonds is 4. The van der Waals surface area contributed by atoms with Crippen LogP contribution in [0.3, 0.4) is 0 Å². The van der Waals surface area contributed by atoms with E-state index in [9.17, 15) is 5.11 Å². The van der Waals surface area contributed by atoms with Crippen LogP contribution >= 0.6 is 11.8 Å². The molecule has 0 aromatic carbocycles. The van der Waals surface area contributed by atoms with Crippen LogP contribution in [-0.4, -0.2) is 44.1 Å². The van der Waals surface area contributed by atoms with Crippen molar-refractivity contribution in [3.05, 3.63) is 11.3 Å². The van der Waals surface area contributed by atoms with E-state index >= 15 is 0 Å². The van der Waals surface area contributed by atoms with Gasteiger partial charge in [-0.3, -0.25) is 0 Å². The van der Waals surface area contributed by atoms with Crippen LogP contribution in [0, 0.1) is 0 Å². The average Bonchev–Trinajstić information content (AvgIpc) is 3.03. The van der Waals surface area contributed by atoms with Crippen molar-refractivity contribution in [1.29, 1.82) is 0 Å². The molecular formula is C18H29N5OS. The fourth-order valence-corrected chi connectivity index (χ4v) is 3.86. The Kier molecular flexibility index (Phi) is 6.93. The lowest BCUT2D eigenvalue weighted by atomic mass is 9.98. The van der Waals surface area contributed by atoms with E-state index in [2.05, 4.69) is 15.4 Å². The maximum absolute atomic E-state index is 9.28. The van der Waals surface area contributed by atoms with E-state index < -0.39 is 0 Å². The molecule has 6 nitrogen and oxygen atoms in total. The molecule has 2 aromatic heterocycles. The smallest absolute Gasteiger partial charge is 0.255 e. The Labute approximate surface area is 153 Å². The lowest BCUT2D eigenvalue weighted by Gasteiger charge is -2.17. The number of anilines is 1. The molecule has 0 radical (unpaired) electrons. The van der Waals surface area contributed by atoms with Gasteiger partial charge in [0.05, 0.1) is 12.3 Å². The molecule has 1 aliphatic rings. The Morgan fingerprint density at radius 2 is 1.68 bits per heavy atom. The molecule has 2 aromatic rings. The molecule has 0 saturated heterocycles. The summed E-state index contributed by atoms with van der Waals surface area (Å²) in [7, 11) is 0. The number of fused-ring (bicyclic) bond motifs is 2. The van der Waals surface area contributed by atoms with Gasteiger partial charge in [0.15, 0.2) is 0 Å². The third kappa shape index (κ3) is 4.64. The molecule has 2 heterocycles. The lowest BCUT2D eigenvalue weighted by molar-refractivity contribution is 0.311. The van der Waals surface area contributed by atoms with Gasteiger partial charge in [-0.15, -0.1) is 5.10 Å². The minimum atomic E-state index is 0.0999. The molecule has 0 spiro atoms. The van der Waals surface area contributed by atoms with Gasteiger partial charge < -0.3 is 10.4 Å². The highest BCUT2D eigenvalue weighted by Gasteiger charge is 2.18. The Hall–Kier alpha value is -1.34. The number of aryl methyl sites for hydroxylation is 1. The molecule has 25 heavy (non-hydrogen) atoms. The van der Waals surface area contributed by atoms with Crippen molar-refractivity contribution in [3.8, 4) is 0 Å². The fourth-order valence-electron chi connectivity index (χ4n) is 3.53. The monoisotopic (exact) mass is 363 g/mol. The van der Waals surface area contributed by atoms with E-state index in [4.69, 9.17) is 4.98 Å². The summed E-state index contributed by atoms with van der Waals surface area (Å²) < 4.78 is 1.83. The molecule has 0 aliphatic heterocycles. The Morgan fingerprint density at radius 3 is 2.36 bits per heavy atom. The van der Waals surface area contributed by atoms with Gasteiger partial charge >= 0.3 is 0 Å². The first-order chi connectivity index (χ1) is 12.3. The number of aromatic nitrogens is 4. The highest BCUT2D eigenvalue weighted by molar-refractivity contribution is 7.98. The van der Waals surface area contributed by atoms with Crippen LogP contribution in [0.15, 0.2) is 5.16 Å². The van der Waals surface area contributed by atoms with Crippen molar-refractivity contribution >= 4 is 23.4 Å². The molecule has 0 bridgehead atoms. The third-order valence-electron chi connectivity index (χ3n) is 4.83. The zero-order valence-corrected chi connectivity index (χ0v) is 15.9. The summed E-state index contributed by atoms with van der Waals surface area (Å²) in [6.45, 7) is 0.614. The number of nitrogens with one attached hydrogen (secondary N) is 1. The van der Waals surface area contributed by atoms with Crippen LogP contribution in [0.5, 0.6) is 0 Å². The molecule has 138 valence electrons. The summed E-state index contributed by atoms with van der Waals surface area (Å²) >= 11 is 1.53. The van der Waals surface area contributed by atoms with Crippen molar-refractivity contribution in [2.75, 3.05) is 24.7 Å². The van der Waals surface area contributed by atoms with Gasteiger partial charge in [-0.05, 0) is 31.9 Å².